The molecule has 0 aromatic rings. The Kier molecular flexibility index (Phi) is 54.3. The van der Waals surface area contributed by atoms with Crippen LogP contribution in [0.2, 0.25) is 0 Å². The van der Waals surface area contributed by atoms with Gasteiger partial charge >= 0.3 is 17.9 Å². The van der Waals surface area contributed by atoms with Gasteiger partial charge in [-0.25, -0.2) is 0 Å². The Morgan fingerprint density at radius 2 is 0.580 bits per heavy atom. The maximum absolute atomic E-state index is 12.9. The van der Waals surface area contributed by atoms with Crippen molar-refractivity contribution in [2.75, 3.05) is 13.2 Å². The van der Waals surface area contributed by atoms with Crippen molar-refractivity contribution in [1.82, 2.24) is 0 Å². The summed E-state index contributed by atoms with van der Waals surface area (Å²) in [4.78, 5) is 38.2. The van der Waals surface area contributed by atoms with Gasteiger partial charge in [0.05, 0.1) is 0 Å². The van der Waals surface area contributed by atoms with Gasteiger partial charge in [0.15, 0.2) is 6.10 Å². The minimum Gasteiger partial charge on any atom is -0.462 e. The standard InChI is InChI=1S/C63H108O6/c1-4-7-10-13-16-19-22-25-28-31-33-35-38-41-44-47-50-53-56-62(65)68-59-60(58-67-61(64)55-52-49-46-43-40-37-34-30-27-24-21-18-15-12-9-6-3)69-63(66)57-54-51-48-45-42-39-36-32-29-26-23-20-17-14-11-8-5-2/h17,20,22,25-26,28-31,33-35,37,40,60H,4-16,18-19,21,23-24,27,32,36,38-39,41-59H2,1-3H3/b20-17-,25-22-,29-26-,31-28-,34-30-,35-33-,40-37-. The summed E-state index contributed by atoms with van der Waals surface area (Å²) in [7, 11) is 0. The number of unbranched alkanes of at least 4 members (excludes halogenated alkanes) is 30. The predicted molar refractivity (Wildman–Crippen MR) is 297 cm³/mol. The first-order valence-corrected chi connectivity index (χ1v) is 29.1. The van der Waals surface area contributed by atoms with Crippen LogP contribution in [0, 0.1) is 0 Å². The monoisotopic (exact) mass is 961 g/mol. The molecule has 1 unspecified atom stereocenters. The molecule has 0 radical (unpaired) electrons. The van der Waals surface area contributed by atoms with Crippen molar-refractivity contribution in [2.45, 2.75) is 284 Å². The average Bonchev–Trinajstić information content (AvgIpc) is 3.35. The molecule has 0 saturated carbocycles. The highest BCUT2D eigenvalue weighted by Crippen LogP contribution is 2.14. The van der Waals surface area contributed by atoms with E-state index in [1.807, 2.05) is 0 Å². The minimum atomic E-state index is -0.801. The highest BCUT2D eigenvalue weighted by molar-refractivity contribution is 5.71. The number of hydrogen-bond acceptors (Lipinski definition) is 6. The van der Waals surface area contributed by atoms with Gasteiger partial charge in [-0.2, -0.15) is 0 Å². The summed E-state index contributed by atoms with van der Waals surface area (Å²) in [5.41, 5.74) is 0. The molecular formula is C63H108O6. The molecule has 1 atom stereocenters. The Balaban J connectivity index is 4.48. The van der Waals surface area contributed by atoms with E-state index in [0.29, 0.717) is 19.3 Å². The van der Waals surface area contributed by atoms with Crippen molar-refractivity contribution in [1.29, 1.82) is 0 Å². The van der Waals surface area contributed by atoms with E-state index < -0.39 is 6.10 Å². The molecule has 0 rings (SSSR count). The molecule has 0 spiro atoms. The van der Waals surface area contributed by atoms with Crippen LogP contribution in [0.4, 0.5) is 0 Å². The zero-order valence-corrected chi connectivity index (χ0v) is 45.3. The first kappa shape index (κ1) is 65.6. The van der Waals surface area contributed by atoms with E-state index in [0.717, 1.165) is 109 Å². The Labute approximate surface area is 426 Å². The first-order valence-electron chi connectivity index (χ1n) is 29.1. The van der Waals surface area contributed by atoms with Crippen LogP contribution >= 0.6 is 0 Å². The fourth-order valence-corrected chi connectivity index (χ4v) is 7.99. The van der Waals surface area contributed by atoms with Crippen LogP contribution in [0.15, 0.2) is 85.1 Å². The van der Waals surface area contributed by atoms with E-state index in [1.54, 1.807) is 0 Å². The third-order valence-corrected chi connectivity index (χ3v) is 12.4. The number of ether oxygens (including phenoxy) is 3. The molecule has 0 aliphatic rings. The topological polar surface area (TPSA) is 78.9 Å². The zero-order chi connectivity index (χ0) is 50.0. The predicted octanol–water partition coefficient (Wildman–Crippen LogP) is 19.5. The van der Waals surface area contributed by atoms with E-state index in [9.17, 15) is 14.4 Å². The van der Waals surface area contributed by atoms with Crippen molar-refractivity contribution in [3.8, 4) is 0 Å². The van der Waals surface area contributed by atoms with E-state index in [2.05, 4.69) is 106 Å². The molecule has 0 saturated heterocycles. The second-order valence-corrected chi connectivity index (χ2v) is 19.3. The van der Waals surface area contributed by atoms with E-state index in [4.69, 9.17) is 14.2 Å². The fraction of sp³-hybridized carbons (Fsp3) is 0.730. The van der Waals surface area contributed by atoms with Gasteiger partial charge in [0.25, 0.3) is 0 Å². The first-order chi connectivity index (χ1) is 34.0. The molecule has 69 heavy (non-hydrogen) atoms. The van der Waals surface area contributed by atoms with E-state index in [-0.39, 0.29) is 31.1 Å². The van der Waals surface area contributed by atoms with Crippen molar-refractivity contribution >= 4 is 17.9 Å². The Morgan fingerprint density at radius 1 is 0.304 bits per heavy atom. The van der Waals surface area contributed by atoms with Gasteiger partial charge in [-0.15, -0.1) is 0 Å². The van der Waals surface area contributed by atoms with Gasteiger partial charge in [0.1, 0.15) is 13.2 Å². The van der Waals surface area contributed by atoms with Crippen LogP contribution in [-0.4, -0.2) is 37.2 Å². The maximum atomic E-state index is 12.9. The third-order valence-electron chi connectivity index (χ3n) is 12.4. The average molecular weight is 962 g/mol. The summed E-state index contributed by atoms with van der Waals surface area (Å²) < 4.78 is 16.8. The normalized spacial score (nSPS) is 12.7. The highest BCUT2D eigenvalue weighted by atomic mass is 16.6. The lowest BCUT2D eigenvalue weighted by molar-refractivity contribution is -0.167. The van der Waals surface area contributed by atoms with Gasteiger partial charge in [0, 0.05) is 19.3 Å². The summed E-state index contributed by atoms with van der Waals surface area (Å²) in [6, 6.07) is 0. The molecular weight excluding hydrogens is 853 g/mol. The molecule has 0 N–H and O–H groups in total. The second-order valence-electron chi connectivity index (χ2n) is 19.3. The van der Waals surface area contributed by atoms with Crippen molar-refractivity contribution in [3.05, 3.63) is 85.1 Å². The molecule has 396 valence electrons. The van der Waals surface area contributed by atoms with Crippen molar-refractivity contribution in [3.63, 3.8) is 0 Å². The van der Waals surface area contributed by atoms with Crippen molar-refractivity contribution < 1.29 is 28.6 Å². The van der Waals surface area contributed by atoms with Crippen LogP contribution in [-0.2, 0) is 28.6 Å². The van der Waals surface area contributed by atoms with Gasteiger partial charge in [-0.1, -0.05) is 241 Å². The lowest BCUT2D eigenvalue weighted by Crippen LogP contribution is -2.30. The molecule has 0 fully saturated rings. The van der Waals surface area contributed by atoms with Gasteiger partial charge in [-0.3, -0.25) is 14.4 Å². The van der Waals surface area contributed by atoms with Gasteiger partial charge in [-0.05, 0) is 103 Å². The fourth-order valence-electron chi connectivity index (χ4n) is 7.99. The quantitative estimate of drug-likeness (QED) is 0.0199. The third kappa shape index (κ3) is 55.4. The number of hydrogen-bond donors (Lipinski definition) is 0. The Morgan fingerprint density at radius 3 is 0.971 bits per heavy atom. The number of carbonyl (C=O) groups is 3. The van der Waals surface area contributed by atoms with E-state index in [1.165, 1.54) is 128 Å². The molecule has 0 aliphatic heterocycles. The van der Waals surface area contributed by atoms with Gasteiger partial charge in [0.2, 0.25) is 0 Å². The molecule has 6 nitrogen and oxygen atoms in total. The van der Waals surface area contributed by atoms with Crippen LogP contribution in [0.25, 0.3) is 0 Å². The van der Waals surface area contributed by atoms with Crippen LogP contribution < -0.4 is 0 Å². The largest absolute Gasteiger partial charge is 0.462 e. The van der Waals surface area contributed by atoms with Gasteiger partial charge < -0.3 is 14.2 Å². The van der Waals surface area contributed by atoms with Crippen molar-refractivity contribution in [2.24, 2.45) is 0 Å². The molecule has 0 aromatic carbocycles. The number of carbonyl (C=O) groups excluding carboxylic acids is 3. The van der Waals surface area contributed by atoms with Crippen LogP contribution in [0.3, 0.4) is 0 Å². The summed E-state index contributed by atoms with van der Waals surface area (Å²) in [6.45, 7) is 6.56. The van der Waals surface area contributed by atoms with E-state index >= 15 is 0 Å². The molecule has 0 aliphatic carbocycles. The Hall–Kier alpha value is -3.41. The maximum Gasteiger partial charge on any atom is 0.306 e. The Bertz CT molecular complexity index is 1330. The molecule has 0 heterocycles. The number of esters is 3. The van der Waals surface area contributed by atoms with Crippen LogP contribution in [0.1, 0.15) is 278 Å². The molecule has 0 aromatic heterocycles. The number of rotatable bonds is 52. The summed E-state index contributed by atoms with van der Waals surface area (Å²) in [6.07, 6.45) is 74.2. The minimum absolute atomic E-state index is 0.0990. The second kappa shape index (κ2) is 57.2. The lowest BCUT2D eigenvalue weighted by atomic mass is 10.1. The molecule has 0 amide bonds. The lowest BCUT2D eigenvalue weighted by Gasteiger charge is -2.18. The van der Waals surface area contributed by atoms with Crippen LogP contribution in [0.5, 0.6) is 0 Å². The number of allylic oxidation sites excluding steroid dienone is 14. The SMILES string of the molecule is CCCCC/C=C\C/C=C\CCCCCCCCCC(=O)OC(COC(=O)CCCCC/C=C\C=C/CCCCCCCCC)COC(=O)CCCCCCC\C=C/C=C\C=C/CCCCCCC. The highest BCUT2D eigenvalue weighted by Gasteiger charge is 2.19. The molecule has 0 bridgehead atoms. The summed E-state index contributed by atoms with van der Waals surface area (Å²) in [5, 5.41) is 0. The summed E-state index contributed by atoms with van der Waals surface area (Å²) >= 11 is 0. The zero-order valence-electron chi connectivity index (χ0n) is 45.3. The summed E-state index contributed by atoms with van der Waals surface area (Å²) in [5.74, 6) is -0.946. The molecule has 6 heteroatoms. The smallest absolute Gasteiger partial charge is 0.306 e.